The van der Waals surface area contributed by atoms with Crippen LogP contribution in [0.25, 0.3) is 21.5 Å². The van der Waals surface area contributed by atoms with E-state index in [0.29, 0.717) is 0 Å². The summed E-state index contributed by atoms with van der Waals surface area (Å²) >= 11 is 0. The molecule has 26 heavy (non-hydrogen) atoms. The molecule has 0 radical (unpaired) electrons. The topological polar surface area (TPSA) is 49.7 Å². The lowest BCUT2D eigenvalue weighted by Crippen LogP contribution is -2.26. The Morgan fingerprint density at radius 1 is 0.731 bits per heavy atom. The van der Waals surface area contributed by atoms with Gasteiger partial charge >= 0.3 is 0 Å². The van der Waals surface area contributed by atoms with Crippen molar-refractivity contribution in [3.63, 3.8) is 0 Å². The van der Waals surface area contributed by atoms with Gasteiger partial charge in [0.25, 0.3) is 0 Å². The van der Waals surface area contributed by atoms with E-state index in [0.717, 1.165) is 44.2 Å². The maximum atomic E-state index is 10.8. The van der Waals surface area contributed by atoms with Gasteiger partial charge in [0, 0.05) is 17.0 Å². The first-order chi connectivity index (χ1) is 12.8. The van der Waals surface area contributed by atoms with Crippen LogP contribution in [0.3, 0.4) is 0 Å². The summed E-state index contributed by atoms with van der Waals surface area (Å²) in [6.07, 6.45) is -0.909. The van der Waals surface area contributed by atoms with Crippen LogP contribution in [-0.4, -0.2) is 22.9 Å². The molecule has 0 aliphatic carbocycles. The van der Waals surface area contributed by atoms with Crippen LogP contribution in [0.2, 0.25) is 0 Å². The van der Waals surface area contributed by atoms with E-state index >= 15 is 0 Å². The first kappa shape index (κ1) is 15.4. The molecule has 1 atom stereocenters. The fourth-order valence-corrected chi connectivity index (χ4v) is 4.12. The summed E-state index contributed by atoms with van der Waals surface area (Å²) in [5.74, 6) is 1.13. The highest BCUT2D eigenvalue weighted by Gasteiger charge is 2.35. The third-order valence-corrected chi connectivity index (χ3v) is 5.28. The number of rotatable bonds is 2. The van der Waals surface area contributed by atoms with Gasteiger partial charge in [0.1, 0.15) is 11.5 Å². The van der Waals surface area contributed by atoms with Crippen molar-refractivity contribution in [2.75, 3.05) is 6.61 Å². The molecule has 4 aromatic carbocycles. The Bertz CT molecular complexity index is 1050. The lowest BCUT2D eigenvalue weighted by Gasteiger charge is -2.33. The average molecular weight is 342 g/mol. The monoisotopic (exact) mass is 342 g/mol. The van der Waals surface area contributed by atoms with Gasteiger partial charge in [-0.25, -0.2) is 0 Å². The van der Waals surface area contributed by atoms with Crippen molar-refractivity contribution in [1.29, 1.82) is 0 Å². The van der Waals surface area contributed by atoms with Crippen LogP contribution in [0.4, 0.5) is 0 Å². The maximum absolute atomic E-state index is 10.8. The predicted molar refractivity (Wildman–Crippen MR) is 103 cm³/mol. The zero-order chi connectivity index (χ0) is 17.7. The zero-order valence-electron chi connectivity index (χ0n) is 14.1. The third-order valence-electron chi connectivity index (χ3n) is 5.28. The normalized spacial score (nSPS) is 14.7. The molecule has 3 nitrogen and oxygen atoms in total. The molecule has 0 aromatic heterocycles. The molecule has 0 saturated heterocycles. The second-order valence-electron chi connectivity index (χ2n) is 6.73. The smallest absolute Gasteiger partial charge is 0.132 e. The molecular formula is C23H18O3. The lowest BCUT2D eigenvalue weighted by atomic mass is 9.79. The number of hydrogen-bond acceptors (Lipinski definition) is 3. The standard InChI is InChI=1S/C23H18O3/c24-13-18(25)23-21-16-7-3-1-5-14(16)9-11-19(21)26-20-12-10-15-6-2-4-8-17(15)22(20)23/h1-12,18,23-25H,13H2. The highest BCUT2D eigenvalue weighted by molar-refractivity contribution is 5.94. The van der Waals surface area contributed by atoms with Crippen LogP contribution in [0.1, 0.15) is 17.0 Å². The summed E-state index contributed by atoms with van der Waals surface area (Å²) in [4.78, 5) is 0. The van der Waals surface area contributed by atoms with Crippen molar-refractivity contribution < 1.29 is 14.9 Å². The van der Waals surface area contributed by atoms with E-state index in [-0.39, 0.29) is 12.5 Å². The Balaban J connectivity index is 1.89. The summed E-state index contributed by atoms with van der Waals surface area (Å²) in [6.45, 7) is -0.310. The molecule has 0 bridgehead atoms. The fraction of sp³-hybridized carbons (Fsp3) is 0.130. The van der Waals surface area contributed by atoms with Gasteiger partial charge in [-0.3, -0.25) is 0 Å². The van der Waals surface area contributed by atoms with E-state index in [1.807, 2.05) is 60.7 Å². The van der Waals surface area contributed by atoms with Crippen molar-refractivity contribution in [3.8, 4) is 11.5 Å². The van der Waals surface area contributed by atoms with Crippen molar-refractivity contribution in [2.45, 2.75) is 12.0 Å². The van der Waals surface area contributed by atoms with Gasteiger partial charge in [-0.15, -0.1) is 0 Å². The Kier molecular flexibility index (Phi) is 3.45. The van der Waals surface area contributed by atoms with Crippen molar-refractivity contribution in [3.05, 3.63) is 83.9 Å². The minimum absolute atomic E-state index is 0.310. The third kappa shape index (κ3) is 2.15. The summed E-state index contributed by atoms with van der Waals surface area (Å²) in [7, 11) is 0. The first-order valence-corrected chi connectivity index (χ1v) is 8.78. The second kappa shape index (κ2) is 5.84. The van der Waals surface area contributed by atoms with Gasteiger partial charge in [0.2, 0.25) is 0 Å². The molecule has 3 heteroatoms. The van der Waals surface area contributed by atoms with Crippen molar-refractivity contribution >= 4 is 21.5 Å². The second-order valence-corrected chi connectivity index (χ2v) is 6.73. The molecule has 1 unspecified atom stereocenters. The number of aliphatic hydroxyl groups excluding tert-OH is 2. The summed E-state index contributed by atoms with van der Waals surface area (Å²) in [6, 6.07) is 24.1. The van der Waals surface area contributed by atoms with Crippen LogP contribution in [0.15, 0.2) is 72.8 Å². The molecule has 0 spiro atoms. The molecule has 0 fully saturated rings. The van der Waals surface area contributed by atoms with Crippen LogP contribution >= 0.6 is 0 Å². The van der Waals surface area contributed by atoms with E-state index in [4.69, 9.17) is 4.74 Å². The van der Waals surface area contributed by atoms with Gasteiger partial charge in [-0.05, 0) is 33.7 Å². The predicted octanol–water partition coefficient (Wildman–Crippen LogP) is 4.58. The van der Waals surface area contributed by atoms with Gasteiger partial charge in [-0.2, -0.15) is 0 Å². The van der Waals surface area contributed by atoms with E-state index in [2.05, 4.69) is 12.1 Å². The molecule has 2 N–H and O–H groups in total. The van der Waals surface area contributed by atoms with Crippen molar-refractivity contribution in [2.24, 2.45) is 0 Å². The fourth-order valence-electron chi connectivity index (χ4n) is 4.12. The van der Waals surface area contributed by atoms with Crippen LogP contribution in [0, 0.1) is 0 Å². The van der Waals surface area contributed by atoms with E-state index in [1.165, 1.54) is 0 Å². The maximum Gasteiger partial charge on any atom is 0.132 e. The van der Waals surface area contributed by atoms with Crippen LogP contribution in [-0.2, 0) is 0 Å². The molecule has 4 aromatic rings. The number of fused-ring (bicyclic) bond motifs is 6. The number of benzene rings is 4. The van der Waals surface area contributed by atoms with Gasteiger partial charge in [0.05, 0.1) is 12.7 Å². The Labute approximate surface area is 151 Å². The number of aliphatic hydroxyl groups is 2. The Hall–Kier alpha value is -2.88. The number of hydrogen-bond donors (Lipinski definition) is 2. The Morgan fingerprint density at radius 3 is 1.73 bits per heavy atom. The molecule has 1 heterocycles. The molecular weight excluding hydrogens is 324 g/mol. The lowest BCUT2D eigenvalue weighted by molar-refractivity contribution is 0.0806. The highest BCUT2D eigenvalue weighted by atomic mass is 16.5. The molecule has 0 amide bonds. The van der Waals surface area contributed by atoms with Gasteiger partial charge < -0.3 is 14.9 Å². The summed E-state index contributed by atoms with van der Waals surface area (Å²) in [5, 5.41) is 24.8. The van der Waals surface area contributed by atoms with E-state index in [1.54, 1.807) is 0 Å². The average Bonchev–Trinajstić information content (AvgIpc) is 2.71. The van der Waals surface area contributed by atoms with Gasteiger partial charge in [-0.1, -0.05) is 60.7 Å². The summed E-state index contributed by atoms with van der Waals surface area (Å²) < 4.78 is 6.23. The molecule has 1 aliphatic heterocycles. The molecule has 128 valence electrons. The summed E-state index contributed by atoms with van der Waals surface area (Å²) in [5.41, 5.74) is 1.88. The minimum atomic E-state index is -0.909. The largest absolute Gasteiger partial charge is 0.457 e. The molecule has 5 rings (SSSR count). The minimum Gasteiger partial charge on any atom is -0.457 e. The molecule has 0 saturated carbocycles. The number of ether oxygens (including phenoxy) is 1. The van der Waals surface area contributed by atoms with Crippen molar-refractivity contribution in [1.82, 2.24) is 0 Å². The Morgan fingerprint density at radius 2 is 1.23 bits per heavy atom. The van der Waals surface area contributed by atoms with Gasteiger partial charge in [0.15, 0.2) is 0 Å². The van der Waals surface area contributed by atoms with Crippen LogP contribution < -0.4 is 4.74 Å². The van der Waals surface area contributed by atoms with E-state index in [9.17, 15) is 10.2 Å². The molecule has 1 aliphatic rings. The quantitative estimate of drug-likeness (QED) is 0.560. The van der Waals surface area contributed by atoms with E-state index < -0.39 is 6.10 Å². The highest BCUT2D eigenvalue weighted by Crippen LogP contribution is 2.50. The zero-order valence-corrected chi connectivity index (χ0v) is 14.1. The SMILES string of the molecule is OCC(O)C1c2c(ccc3ccccc23)Oc2ccc3ccccc3c21. The first-order valence-electron chi connectivity index (χ1n) is 8.78. The van der Waals surface area contributed by atoms with Crippen LogP contribution in [0.5, 0.6) is 11.5 Å².